The second-order valence-corrected chi connectivity index (χ2v) is 5.65. The Kier molecular flexibility index (Phi) is 6.95. The van der Waals surface area contributed by atoms with Crippen molar-refractivity contribution in [2.24, 2.45) is 0 Å². The fourth-order valence-electron chi connectivity index (χ4n) is 2.80. The number of methoxy groups -OCH3 is 4. The third kappa shape index (κ3) is 4.57. The molecule has 0 bridgehead atoms. The van der Waals surface area contributed by atoms with Crippen LogP contribution in [0.25, 0.3) is 0 Å². The third-order valence-corrected chi connectivity index (χ3v) is 4.22. The van der Waals surface area contributed by atoms with Gasteiger partial charge in [-0.3, -0.25) is 0 Å². The molecule has 0 fully saturated rings. The number of benzene rings is 2. The van der Waals surface area contributed by atoms with Crippen LogP contribution in [-0.4, -0.2) is 28.4 Å². The zero-order valence-corrected chi connectivity index (χ0v) is 15.6. The molecular weight excluding hydrogens is 318 g/mol. The van der Waals surface area contributed by atoms with E-state index < -0.39 is 0 Å². The van der Waals surface area contributed by atoms with Crippen LogP contribution in [-0.2, 0) is 6.54 Å². The lowest BCUT2D eigenvalue weighted by atomic mass is 10.0. The van der Waals surface area contributed by atoms with Crippen molar-refractivity contribution < 1.29 is 18.9 Å². The summed E-state index contributed by atoms with van der Waals surface area (Å²) in [6.45, 7) is 2.89. The molecule has 0 spiro atoms. The maximum atomic E-state index is 5.41. The highest BCUT2D eigenvalue weighted by Crippen LogP contribution is 2.31. The summed E-state index contributed by atoms with van der Waals surface area (Å²) in [7, 11) is 6.58. The van der Waals surface area contributed by atoms with Gasteiger partial charge in [0.2, 0.25) is 0 Å². The second kappa shape index (κ2) is 9.18. The average Bonchev–Trinajstić information content (AvgIpc) is 2.67. The maximum absolute atomic E-state index is 5.41. The van der Waals surface area contributed by atoms with E-state index in [4.69, 9.17) is 18.9 Å². The minimum atomic E-state index is 0.216. The molecule has 1 atom stereocenters. The maximum Gasteiger partial charge on any atom is 0.161 e. The third-order valence-electron chi connectivity index (χ3n) is 4.22. The van der Waals surface area contributed by atoms with Gasteiger partial charge >= 0.3 is 0 Å². The summed E-state index contributed by atoms with van der Waals surface area (Å²) >= 11 is 0. The molecule has 0 saturated carbocycles. The van der Waals surface area contributed by atoms with Crippen molar-refractivity contribution in [2.45, 2.75) is 25.9 Å². The Balaban J connectivity index is 2.12. The monoisotopic (exact) mass is 345 g/mol. The molecule has 0 saturated heterocycles. The molecule has 0 unspecified atom stereocenters. The predicted octanol–water partition coefficient (Wildman–Crippen LogP) is 3.96. The van der Waals surface area contributed by atoms with E-state index in [9.17, 15) is 0 Å². The van der Waals surface area contributed by atoms with E-state index in [-0.39, 0.29) is 6.04 Å². The molecule has 5 heteroatoms. The topological polar surface area (TPSA) is 49.0 Å². The van der Waals surface area contributed by atoms with E-state index in [0.29, 0.717) is 0 Å². The lowest BCUT2D eigenvalue weighted by molar-refractivity contribution is 0.353. The first-order chi connectivity index (χ1) is 12.2. The molecule has 0 aliphatic carbocycles. The quantitative estimate of drug-likeness (QED) is 0.745. The Labute approximate surface area is 149 Å². The summed E-state index contributed by atoms with van der Waals surface area (Å²) in [5.41, 5.74) is 2.30. The summed E-state index contributed by atoms with van der Waals surface area (Å²) in [6.07, 6.45) is 0.961. The minimum Gasteiger partial charge on any atom is -0.493 e. The molecule has 0 amide bonds. The van der Waals surface area contributed by atoms with Gasteiger partial charge in [0.15, 0.2) is 23.0 Å². The Morgan fingerprint density at radius 1 is 0.760 bits per heavy atom. The highest BCUT2D eigenvalue weighted by molar-refractivity contribution is 5.44. The molecule has 2 aromatic rings. The van der Waals surface area contributed by atoms with E-state index in [0.717, 1.165) is 41.5 Å². The molecule has 0 aromatic heterocycles. The van der Waals surface area contributed by atoms with Gasteiger partial charge in [0, 0.05) is 12.6 Å². The van der Waals surface area contributed by atoms with Gasteiger partial charge in [0.05, 0.1) is 28.4 Å². The molecule has 2 aromatic carbocycles. The number of nitrogens with one attached hydrogen (secondary N) is 1. The highest BCUT2D eigenvalue weighted by Gasteiger charge is 2.13. The van der Waals surface area contributed by atoms with Crippen LogP contribution < -0.4 is 24.3 Å². The Hall–Kier alpha value is -2.40. The lowest BCUT2D eigenvalue weighted by Crippen LogP contribution is -2.20. The first-order valence-electron chi connectivity index (χ1n) is 8.33. The van der Waals surface area contributed by atoms with Crippen LogP contribution in [0.5, 0.6) is 23.0 Å². The van der Waals surface area contributed by atoms with Gasteiger partial charge in [-0.25, -0.2) is 0 Å². The zero-order valence-electron chi connectivity index (χ0n) is 15.6. The molecule has 5 nitrogen and oxygen atoms in total. The van der Waals surface area contributed by atoms with Gasteiger partial charge in [0.25, 0.3) is 0 Å². The van der Waals surface area contributed by atoms with Crippen molar-refractivity contribution in [1.29, 1.82) is 0 Å². The Morgan fingerprint density at radius 3 is 1.88 bits per heavy atom. The van der Waals surface area contributed by atoms with Crippen LogP contribution in [0.4, 0.5) is 0 Å². The van der Waals surface area contributed by atoms with Crippen LogP contribution in [0, 0.1) is 0 Å². The first kappa shape index (κ1) is 18.9. The molecular formula is C20H27NO4. The molecule has 0 aliphatic heterocycles. The average molecular weight is 345 g/mol. The minimum absolute atomic E-state index is 0.216. The predicted molar refractivity (Wildman–Crippen MR) is 99.0 cm³/mol. The molecule has 0 aliphatic rings. The van der Waals surface area contributed by atoms with Gasteiger partial charge in [-0.15, -0.1) is 0 Å². The largest absolute Gasteiger partial charge is 0.493 e. The van der Waals surface area contributed by atoms with Crippen molar-refractivity contribution in [2.75, 3.05) is 28.4 Å². The second-order valence-electron chi connectivity index (χ2n) is 5.65. The summed E-state index contributed by atoms with van der Waals surface area (Å²) in [6, 6.07) is 12.2. The molecule has 0 radical (unpaired) electrons. The summed E-state index contributed by atoms with van der Waals surface area (Å²) < 4.78 is 21.4. The SMILES string of the molecule is CC[C@@H](NCc1ccc(OC)c(OC)c1)c1ccc(OC)c(OC)c1. The smallest absolute Gasteiger partial charge is 0.161 e. The van der Waals surface area contributed by atoms with Crippen molar-refractivity contribution in [3.05, 3.63) is 47.5 Å². The Morgan fingerprint density at radius 2 is 1.32 bits per heavy atom. The van der Waals surface area contributed by atoms with Gasteiger partial charge < -0.3 is 24.3 Å². The van der Waals surface area contributed by atoms with E-state index in [2.05, 4.69) is 18.3 Å². The normalized spacial score (nSPS) is 11.7. The fraction of sp³-hybridized carbons (Fsp3) is 0.400. The number of hydrogen-bond donors (Lipinski definition) is 1. The van der Waals surface area contributed by atoms with Crippen LogP contribution in [0.1, 0.15) is 30.5 Å². The number of hydrogen-bond acceptors (Lipinski definition) is 5. The highest BCUT2D eigenvalue weighted by atomic mass is 16.5. The Bertz CT molecular complexity index is 687. The zero-order chi connectivity index (χ0) is 18.2. The van der Waals surface area contributed by atoms with E-state index in [1.807, 2.05) is 30.3 Å². The summed E-state index contributed by atoms with van der Waals surface area (Å²) in [4.78, 5) is 0. The molecule has 2 rings (SSSR count). The molecule has 136 valence electrons. The van der Waals surface area contributed by atoms with Crippen molar-refractivity contribution in [1.82, 2.24) is 5.32 Å². The summed E-state index contributed by atoms with van der Waals surface area (Å²) in [5, 5.41) is 3.59. The van der Waals surface area contributed by atoms with Crippen LogP contribution in [0.2, 0.25) is 0 Å². The van der Waals surface area contributed by atoms with Crippen LogP contribution in [0.3, 0.4) is 0 Å². The summed E-state index contributed by atoms with van der Waals surface area (Å²) in [5.74, 6) is 2.95. The number of ether oxygens (including phenoxy) is 4. The fourth-order valence-corrected chi connectivity index (χ4v) is 2.80. The van der Waals surface area contributed by atoms with Gasteiger partial charge in [-0.05, 0) is 41.8 Å². The van der Waals surface area contributed by atoms with Crippen molar-refractivity contribution >= 4 is 0 Å². The van der Waals surface area contributed by atoms with E-state index >= 15 is 0 Å². The standard InChI is InChI=1S/C20H27NO4/c1-6-16(15-8-10-18(23-3)20(12-15)25-5)21-13-14-7-9-17(22-2)19(11-14)24-4/h7-12,16,21H,6,13H2,1-5H3/t16-/m1/s1. The molecule has 25 heavy (non-hydrogen) atoms. The van der Waals surface area contributed by atoms with E-state index in [1.165, 1.54) is 5.56 Å². The molecule has 1 N–H and O–H groups in total. The van der Waals surface area contributed by atoms with E-state index in [1.54, 1.807) is 28.4 Å². The van der Waals surface area contributed by atoms with Crippen molar-refractivity contribution in [3.63, 3.8) is 0 Å². The van der Waals surface area contributed by atoms with Gasteiger partial charge in [0.1, 0.15) is 0 Å². The molecule has 0 heterocycles. The van der Waals surface area contributed by atoms with Gasteiger partial charge in [-0.2, -0.15) is 0 Å². The van der Waals surface area contributed by atoms with Crippen LogP contribution in [0.15, 0.2) is 36.4 Å². The van der Waals surface area contributed by atoms with Crippen LogP contribution >= 0.6 is 0 Å². The first-order valence-corrected chi connectivity index (χ1v) is 8.33. The van der Waals surface area contributed by atoms with Gasteiger partial charge in [-0.1, -0.05) is 19.1 Å². The number of rotatable bonds is 9. The lowest BCUT2D eigenvalue weighted by Gasteiger charge is -2.19. The van der Waals surface area contributed by atoms with Crippen molar-refractivity contribution in [3.8, 4) is 23.0 Å².